The van der Waals surface area contributed by atoms with Crippen LogP contribution in [0.25, 0.3) is 0 Å². The van der Waals surface area contributed by atoms with Gasteiger partial charge < -0.3 is 26.0 Å². The van der Waals surface area contributed by atoms with E-state index in [0.717, 1.165) is 11.1 Å². The Hall–Kier alpha value is -4.14. The van der Waals surface area contributed by atoms with Crippen LogP contribution in [-0.2, 0) is 4.79 Å². The van der Waals surface area contributed by atoms with Crippen LogP contribution in [-0.4, -0.2) is 42.0 Å². The van der Waals surface area contributed by atoms with E-state index in [2.05, 4.69) is 16.0 Å². The van der Waals surface area contributed by atoms with Crippen LogP contribution in [0.1, 0.15) is 48.3 Å². The molecule has 0 aliphatic heterocycles. The van der Waals surface area contributed by atoms with Crippen LogP contribution in [0.15, 0.2) is 52.1 Å². The van der Waals surface area contributed by atoms with Gasteiger partial charge in [-0.25, -0.2) is 0 Å². The highest BCUT2D eigenvalue weighted by Gasteiger charge is 2.30. The van der Waals surface area contributed by atoms with Crippen LogP contribution >= 0.6 is 0 Å². The van der Waals surface area contributed by atoms with Crippen molar-refractivity contribution in [1.29, 1.82) is 0 Å². The highest BCUT2D eigenvalue weighted by Crippen LogP contribution is 2.32. The van der Waals surface area contributed by atoms with Crippen LogP contribution in [0.4, 0.5) is 17.1 Å². The van der Waals surface area contributed by atoms with Crippen LogP contribution in [0.5, 0.6) is 5.75 Å². The Morgan fingerprint density at radius 1 is 0.917 bits per heavy atom. The Balaban J connectivity index is 1.82. The summed E-state index contributed by atoms with van der Waals surface area (Å²) in [6, 6.07) is 11.3. The quantitative estimate of drug-likeness (QED) is 0.267. The van der Waals surface area contributed by atoms with E-state index in [1.54, 1.807) is 20.2 Å². The first-order chi connectivity index (χ1) is 16.9. The molecular formula is C27H32N4O5. The number of carbonyl (C=O) groups excluding carboxylic acids is 2. The molecule has 190 valence electrons. The van der Waals surface area contributed by atoms with Gasteiger partial charge in [0.25, 0.3) is 16.8 Å². The third-order valence-electron chi connectivity index (χ3n) is 6.03. The van der Waals surface area contributed by atoms with Crippen molar-refractivity contribution in [3.63, 3.8) is 0 Å². The number of phenols is 1. The Morgan fingerprint density at radius 3 is 2.11 bits per heavy atom. The maximum Gasteiger partial charge on any atom is 0.257 e. The zero-order valence-electron chi connectivity index (χ0n) is 21.3. The molecule has 0 unspecified atom stereocenters. The second-order valence-electron chi connectivity index (χ2n) is 9.44. The Kier molecular flexibility index (Phi) is 7.82. The molecule has 2 atom stereocenters. The third kappa shape index (κ3) is 5.40. The summed E-state index contributed by atoms with van der Waals surface area (Å²) < 4.78 is 0. The second kappa shape index (κ2) is 10.6. The number of nitrogens with one attached hydrogen (secondary N) is 3. The van der Waals surface area contributed by atoms with Gasteiger partial charge in [0.05, 0.1) is 17.3 Å². The molecule has 0 aromatic heterocycles. The first-order valence-corrected chi connectivity index (χ1v) is 11.7. The molecule has 2 amide bonds. The molecule has 0 saturated carbocycles. The lowest BCUT2D eigenvalue weighted by Gasteiger charge is -2.26. The molecule has 0 fully saturated rings. The number of aryl methyl sites for hydroxylation is 1. The summed E-state index contributed by atoms with van der Waals surface area (Å²) in [5, 5.41) is 19.2. The van der Waals surface area contributed by atoms with Crippen molar-refractivity contribution in [3.05, 3.63) is 79.6 Å². The highest BCUT2D eigenvalue weighted by molar-refractivity contribution is 5.99. The maximum atomic E-state index is 13.1. The van der Waals surface area contributed by atoms with Gasteiger partial charge in [-0.05, 0) is 37.5 Å². The molecule has 0 radical (unpaired) electrons. The van der Waals surface area contributed by atoms with Crippen LogP contribution in [0, 0.1) is 12.8 Å². The van der Waals surface area contributed by atoms with Gasteiger partial charge in [-0.15, -0.1) is 0 Å². The number of para-hydroxylation sites is 1. The Morgan fingerprint density at radius 2 is 1.53 bits per heavy atom. The Bertz CT molecular complexity index is 1340. The van der Waals surface area contributed by atoms with Gasteiger partial charge >= 0.3 is 0 Å². The monoisotopic (exact) mass is 492 g/mol. The average Bonchev–Trinajstić information content (AvgIpc) is 2.83. The van der Waals surface area contributed by atoms with Gasteiger partial charge in [0, 0.05) is 14.1 Å². The SMILES string of the molecule is Cc1ccc([C@@H](C)NC(=O)[C@H](Nc2c(Nc3cccc(C(=O)N(C)C)c3O)c(=O)c2=O)C(C)C)cc1. The lowest BCUT2D eigenvalue weighted by Crippen LogP contribution is -2.47. The van der Waals surface area contributed by atoms with Crippen LogP contribution in [0.2, 0.25) is 0 Å². The molecule has 9 nitrogen and oxygen atoms in total. The molecule has 0 saturated heterocycles. The van der Waals surface area contributed by atoms with Crippen molar-refractivity contribution in [1.82, 2.24) is 10.2 Å². The van der Waals surface area contributed by atoms with E-state index < -0.39 is 22.8 Å². The molecule has 0 aliphatic rings. The topological polar surface area (TPSA) is 128 Å². The first-order valence-electron chi connectivity index (χ1n) is 11.7. The minimum absolute atomic E-state index is 0.0411. The molecule has 3 rings (SSSR count). The van der Waals surface area contributed by atoms with Gasteiger partial charge in [0.1, 0.15) is 17.4 Å². The minimum Gasteiger partial charge on any atom is -0.505 e. The first kappa shape index (κ1) is 26.5. The fourth-order valence-corrected chi connectivity index (χ4v) is 3.77. The van der Waals surface area contributed by atoms with E-state index in [9.17, 15) is 24.3 Å². The number of anilines is 3. The number of phenolic OH excluding ortho intramolecular Hbond substituents is 1. The molecule has 0 bridgehead atoms. The molecule has 36 heavy (non-hydrogen) atoms. The normalized spacial score (nSPS) is 12.8. The number of amides is 2. The summed E-state index contributed by atoms with van der Waals surface area (Å²) in [5.74, 6) is -1.29. The van der Waals surface area contributed by atoms with E-state index >= 15 is 0 Å². The molecule has 0 spiro atoms. The number of rotatable bonds is 9. The molecule has 9 heteroatoms. The van der Waals surface area contributed by atoms with Crippen molar-refractivity contribution in [2.75, 3.05) is 24.7 Å². The molecule has 4 N–H and O–H groups in total. The lowest BCUT2D eigenvalue weighted by atomic mass is 10.00. The number of aromatic hydroxyl groups is 1. The summed E-state index contributed by atoms with van der Waals surface area (Å²) in [6.07, 6.45) is 0. The Labute approximate surface area is 209 Å². The van der Waals surface area contributed by atoms with Gasteiger partial charge in [0.2, 0.25) is 5.91 Å². The largest absolute Gasteiger partial charge is 0.505 e. The second-order valence-corrected chi connectivity index (χ2v) is 9.44. The minimum atomic E-state index is -0.794. The standard InChI is InChI=1S/C27H32N4O5/c1-14(2)20(26(35)28-16(4)17-12-10-15(3)11-13-17)30-22-21(24(33)25(22)34)29-19-9-7-8-18(23(19)32)27(36)31(5)6/h7-14,16,20,29-30,32H,1-6H3,(H,28,35)/t16-,20-/m1/s1. The molecule has 3 aromatic carbocycles. The molecule has 0 heterocycles. The van der Waals surface area contributed by atoms with E-state index in [1.807, 2.05) is 52.0 Å². The van der Waals surface area contributed by atoms with Crippen molar-refractivity contribution in [3.8, 4) is 5.75 Å². The maximum absolute atomic E-state index is 13.1. The summed E-state index contributed by atoms with van der Waals surface area (Å²) in [6.45, 7) is 7.51. The van der Waals surface area contributed by atoms with Gasteiger partial charge in [-0.1, -0.05) is 49.7 Å². The highest BCUT2D eigenvalue weighted by atomic mass is 16.3. The summed E-state index contributed by atoms with van der Waals surface area (Å²) >= 11 is 0. The third-order valence-corrected chi connectivity index (χ3v) is 6.03. The number of hydrogen-bond donors (Lipinski definition) is 4. The molecule has 3 aromatic rings. The smallest absolute Gasteiger partial charge is 0.257 e. The number of nitrogens with zero attached hydrogens (tertiary/aromatic N) is 1. The van der Waals surface area contributed by atoms with Gasteiger partial charge in [0.15, 0.2) is 5.75 Å². The van der Waals surface area contributed by atoms with Crippen molar-refractivity contribution in [2.24, 2.45) is 5.92 Å². The summed E-state index contributed by atoms with van der Waals surface area (Å²) in [4.78, 5) is 51.5. The number of hydrogen-bond acceptors (Lipinski definition) is 7. The van der Waals surface area contributed by atoms with E-state index in [1.165, 1.54) is 17.0 Å². The number of carbonyl (C=O) groups is 2. The summed E-state index contributed by atoms with van der Waals surface area (Å²) in [5.41, 5.74) is 0.534. The van der Waals surface area contributed by atoms with E-state index in [-0.39, 0.29) is 46.2 Å². The molecular weight excluding hydrogens is 460 g/mol. The van der Waals surface area contributed by atoms with Crippen LogP contribution < -0.4 is 26.8 Å². The fraction of sp³-hybridized carbons (Fsp3) is 0.333. The van der Waals surface area contributed by atoms with Crippen molar-refractivity contribution < 1.29 is 14.7 Å². The summed E-state index contributed by atoms with van der Waals surface area (Å²) in [7, 11) is 3.11. The number of benzene rings is 2. The van der Waals surface area contributed by atoms with E-state index in [0.29, 0.717) is 0 Å². The van der Waals surface area contributed by atoms with Crippen molar-refractivity contribution >= 4 is 28.9 Å². The predicted molar refractivity (Wildman–Crippen MR) is 141 cm³/mol. The zero-order chi connectivity index (χ0) is 26.7. The van der Waals surface area contributed by atoms with Gasteiger partial charge in [-0.2, -0.15) is 0 Å². The average molecular weight is 493 g/mol. The predicted octanol–water partition coefficient (Wildman–Crippen LogP) is 3.06. The van der Waals surface area contributed by atoms with Crippen molar-refractivity contribution in [2.45, 2.75) is 39.8 Å². The van der Waals surface area contributed by atoms with E-state index in [4.69, 9.17) is 0 Å². The van der Waals surface area contributed by atoms with Crippen LogP contribution in [0.3, 0.4) is 0 Å². The van der Waals surface area contributed by atoms with Gasteiger partial charge in [-0.3, -0.25) is 19.2 Å². The lowest BCUT2D eigenvalue weighted by molar-refractivity contribution is -0.123. The molecule has 0 aliphatic carbocycles. The fourth-order valence-electron chi connectivity index (χ4n) is 3.77. The zero-order valence-corrected chi connectivity index (χ0v) is 21.3.